The Morgan fingerprint density at radius 2 is 1.97 bits per heavy atom. The van der Waals surface area contributed by atoms with Crippen LogP contribution in [-0.4, -0.2) is 51.9 Å². The van der Waals surface area contributed by atoms with E-state index in [9.17, 15) is 18.8 Å². The maximum Gasteiger partial charge on any atom is 0.326 e. The van der Waals surface area contributed by atoms with E-state index in [4.69, 9.17) is 11.6 Å². The van der Waals surface area contributed by atoms with Crippen LogP contribution >= 0.6 is 11.6 Å². The first-order valence-corrected chi connectivity index (χ1v) is 10.1. The van der Waals surface area contributed by atoms with Crippen molar-refractivity contribution in [1.29, 1.82) is 0 Å². The molecule has 4 rings (SSSR count). The summed E-state index contributed by atoms with van der Waals surface area (Å²) in [4.78, 5) is 43.2. The molecule has 1 aromatic heterocycles. The second kappa shape index (κ2) is 8.07. The quantitative estimate of drug-likeness (QED) is 0.592. The maximum absolute atomic E-state index is 13.8. The molecule has 162 valence electrons. The van der Waals surface area contributed by atoms with Crippen molar-refractivity contribution in [2.24, 2.45) is 7.05 Å². The number of nitrogens with one attached hydrogen (secondary N) is 2. The van der Waals surface area contributed by atoms with Gasteiger partial charge in [0.1, 0.15) is 5.82 Å². The number of fused-ring (bicyclic) bond motifs is 1. The summed E-state index contributed by atoms with van der Waals surface area (Å²) in [6.45, 7) is 3.08. The Labute approximate surface area is 182 Å². The molecule has 1 saturated heterocycles. The molecule has 1 atom stereocenters. The van der Waals surface area contributed by atoms with E-state index in [1.165, 1.54) is 21.6 Å². The van der Waals surface area contributed by atoms with Crippen molar-refractivity contribution in [2.45, 2.75) is 13.0 Å². The molecule has 0 spiro atoms. The first kappa shape index (κ1) is 20.9. The predicted octanol–water partition coefficient (Wildman–Crippen LogP) is 2.33. The molecule has 2 amide bonds. The number of benzene rings is 2. The average Bonchev–Trinajstić information content (AvgIpc) is 3.03. The van der Waals surface area contributed by atoms with E-state index >= 15 is 0 Å². The number of imidazole rings is 1. The molecule has 2 aromatic carbocycles. The standard InChI is InChI=1S/C21H21ClFN5O3/c1-12-11-27(14-4-5-15(22)16(23)10-14)7-8-28(12)20(30)19(29)24-13-3-6-17-18(9-13)26(2)21(31)25-17/h3-6,9-10,12H,7-8,11H2,1-2H3,(H,24,29)(H,25,31)/t12-/m1/s1. The minimum atomic E-state index is -0.752. The number of aromatic nitrogens is 2. The van der Waals surface area contributed by atoms with Gasteiger partial charge in [0, 0.05) is 44.1 Å². The van der Waals surface area contributed by atoms with Gasteiger partial charge in [-0.15, -0.1) is 0 Å². The zero-order valence-corrected chi connectivity index (χ0v) is 17.7. The fourth-order valence-corrected chi connectivity index (χ4v) is 3.91. The minimum Gasteiger partial charge on any atom is -0.368 e. The predicted molar refractivity (Wildman–Crippen MR) is 117 cm³/mol. The fourth-order valence-electron chi connectivity index (χ4n) is 3.79. The van der Waals surface area contributed by atoms with Crippen LogP contribution in [0.1, 0.15) is 6.92 Å². The molecule has 2 N–H and O–H groups in total. The SMILES string of the molecule is C[C@@H]1CN(c2ccc(Cl)c(F)c2)CCN1C(=O)C(=O)Nc1ccc2[nH]c(=O)n(C)c2c1. The second-order valence-corrected chi connectivity index (χ2v) is 7.97. The lowest BCUT2D eigenvalue weighted by atomic mass is 10.1. The van der Waals surface area contributed by atoms with Crippen LogP contribution in [0.25, 0.3) is 11.0 Å². The van der Waals surface area contributed by atoms with Gasteiger partial charge in [-0.2, -0.15) is 0 Å². The first-order chi connectivity index (χ1) is 14.7. The highest BCUT2D eigenvalue weighted by Gasteiger charge is 2.31. The molecule has 0 aliphatic carbocycles. The van der Waals surface area contributed by atoms with Crippen LogP contribution in [0, 0.1) is 5.82 Å². The van der Waals surface area contributed by atoms with Crippen molar-refractivity contribution in [3.63, 3.8) is 0 Å². The van der Waals surface area contributed by atoms with E-state index in [-0.39, 0.29) is 16.8 Å². The van der Waals surface area contributed by atoms with Gasteiger partial charge in [0.05, 0.1) is 16.1 Å². The number of anilines is 2. The summed E-state index contributed by atoms with van der Waals surface area (Å²) in [7, 11) is 1.62. The van der Waals surface area contributed by atoms with Crippen LogP contribution in [0.15, 0.2) is 41.2 Å². The molecule has 1 aliphatic heterocycles. The Hall–Kier alpha value is -3.33. The molecule has 1 aliphatic rings. The van der Waals surface area contributed by atoms with Crippen LogP contribution in [-0.2, 0) is 16.6 Å². The Morgan fingerprint density at radius 1 is 1.19 bits per heavy atom. The molecule has 0 radical (unpaired) electrons. The molecule has 3 aromatic rings. The summed E-state index contributed by atoms with van der Waals surface area (Å²) >= 11 is 5.75. The molecular formula is C21H21ClFN5O3. The van der Waals surface area contributed by atoms with E-state index in [0.29, 0.717) is 42.0 Å². The molecule has 0 bridgehead atoms. The number of H-pyrrole nitrogens is 1. The van der Waals surface area contributed by atoms with E-state index < -0.39 is 17.6 Å². The summed E-state index contributed by atoms with van der Waals surface area (Å²) in [6.07, 6.45) is 0. The van der Waals surface area contributed by atoms with E-state index in [0.717, 1.165) is 0 Å². The number of hydrogen-bond acceptors (Lipinski definition) is 4. The fraction of sp³-hybridized carbons (Fsp3) is 0.286. The van der Waals surface area contributed by atoms with Gasteiger partial charge >= 0.3 is 17.5 Å². The monoisotopic (exact) mass is 445 g/mol. The van der Waals surface area contributed by atoms with Crippen molar-refractivity contribution in [3.05, 3.63) is 57.7 Å². The molecule has 0 saturated carbocycles. The smallest absolute Gasteiger partial charge is 0.326 e. The van der Waals surface area contributed by atoms with Gasteiger partial charge in [-0.25, -0.2) is 9.18 Å². The Balaban J connectivity index is 1.43. The molecule has 8 nitrogen and oxygen atoms in total. The summed E-state index contributed by atoms with van der Waals surface area (Å²) in [5.74, 6) is -1.89. The zero-order chi connectivity index (χ0) is 22.3. The molecule has 0 unspecified atom stereocenters. The van der Waals surface area contributed by atoms with E-state index in [2.05, 4.69) is 10.3 Å². The van der Waals surface area contributed by atoms with E-state index in [1.807, 2.05) is 11.8 Å². The highest BCUT2D eigenvalue weighted by atomic mass is 35.5. The summed E-state index contributed by atoms with van der Waals surface area (Å²) < 4.78 is 15.2. The molecule has 31 heavy (non-hydrogen) atoms. The van der Waals surface area contributed by atoms with Gasteiger partial charge in [0.2, 0.25) is 0 Å². The van der Waals surface area contributed by atoms with Crippen LogP contribution in [0.2, 0.25) is 5.02 Å². The van der Waals surface area contributed by atoms with Gasteiger partial charge < -0.3 is 20.1 Å². The van der Waals surface area contributed by atoms with Crippen molar-refractivity contribution in [1.82, 2.24) is 14.5 Å². The van der Waals surface area contributed by atoms with Gasteiger partial charge in [-0.3, -0.25) is 14.2 Å². The second-order valence-electron chi connectivity index (χ2n) is 7.57. The summed E-state index contributed by atoms with van der Waals surface area (Å²) in [6, 6.07) is 9.27. The van der Waals surface area contributed by atoms with Crippen LogP contribution < -0.4 is 15.9 Å². The van der Waals surface area contributed by atoms with Gasteiger partial charge in [-0.1, -0.05) is 11.6 Å². The van der Waals surface area contributed by atoms with Gasteiger partial charge in [0.15, 0.2) is 0 Å². The Kier molecular flexibility index (Phi) is 5.45. The topological polar surface area (TPSA) is 90.4 Å². The number of halogens is 2. The highest BCUT2D eigenvalue weighted by molar-refractivity contribution is 6.39. The Bertz CT molecular complexity index is 1240. The number of nitrogens with zero attached hydrogens (tertiary/aromatic N) is 3. The van der Waals surface area contributed by atoms with Crippen molar-refractivity contribution in [2.75, 3.05) is 29.9 Å². The third kappa shape index (κ3) is 4.00. The van der Waals surface area contributed by atoms with Crippen LogP contribution in [0.3, 0.4) is 0 Å². The average molecular weight is 446 g/mol. The normalized spacial score (nSPS) is 16.6. The lowest BCUT2D eigenvalue weighted by Crippen LogP contribution is -2.56. The molecule has 10 heteroatoms. The van der Waals surface area contributed by atoms with Crippen LogP contribution in [0.5, 0.6) is 0 Å². The molecule has 2 heterocycles. The molecular weight excluding hydrogens is 425 g/mol. The lowest BCUT2D eigenvalue weighted by molar-refractivity contribution is -0.144. The number of aromatic amines is 1. The highest BCUT2D eigenvalue weighted by Crippen LogP contribution is 2.24. The van der Waals surface area contributed by atoms with Gasteiger partial charge in [0.25, 0.3) is 0 Å². The first-order valence-electron chi connectivity index (χ1n) is 9.75. The third-order valence-corrected chi connectivity index (χ3v) is 5.82. The van der Waals surface area contributed by atoms with Crippen LogP contribution in [0.4, 0.5) is 15.8 Å². The number of rotatable bonds is 2. The van der Waals surface area contributed by atoms with Crippen molar-refractivity contribution < 1.29 is 14.0 Å². The number of carbonyl (C=O) groups excluding carboxylic acids is 2. The molecule has 1 fully saturated rings. The summed E-state index contributed by atoms with van der Waals surface area (Å²) in [5.41, 5.74) is 2.09. The van der Waals surface area contributed by atoms with Crippen molar-refractivity contribution in [3.8, 4) is 0 Å². The third-order valence-electron chi connectivity index (χ3n) is 5.51. The largest absolute Gasteiger partial charge is 0.368 e. The Morgan fingerprint density at radius 3 is 2.68 bits per heavy atom. The number of hydrogen-bond donors (Lipinski definition) is 2. The zero-order valence-electron chi connectivity index (χ0n) is 17.0. The van der Waals surface area contributed by atoms with Crippen molar-refractivity contribution >= 4 is 45.8 Å². The number of piperazine rings is 1. The van der Waals surface area contributed by atoms with Gasteiger partial charge in [-0.05, 0) is 43.3 Å². The maximum atomic E-state index is 13.8. The minimum absolute atomic E-state index is 0.0557. The number of carbonyl (C=O) groups is 2. The number of aryl methyl sites for hydroxylation is 1. The lowest BCUT2D eigenvalue weighted by Gasteiger charge is -2.40. The number of amides is 2. The van der Waals surface area contributed by atoms with E-state index in [1.54, 1.807) is 31.3 Å². The summed E-state index contributed by atoms with van der Waals surface area (Å²) in [5, 5.41) is 2.66.